The smallest absolute Gasteiger partial charge is 0.444 e. The van der Waals surface area contributed by atoms with E-state index in [0.717, 1.165) is 11.0 Å². The molecule has 0 saturated carbocycles. The van der Waals surface area contributed by atoms with E-state index in [9.17, 15) is 4.79 Å². The molecule has 1 aliphatic heterocycles. The fraction of sp³-hybridized carbons (Fsp3) is 0.632. The number of carbonyl (C=O) groups is 1. The Morgan fingerprint density at radius 1 is 1.27 bits per heavy atom. The number of hydrogen-bond donors (Lipinski definition) is 1. The van der Waals surface area contributed by atoms with Gasteiger partial charge in [-0.1, -0.05) is 6.08 Å². The van der Waals surface area contributed by atoms with Gasteiger partial charge < -0.3 is 19.4 Å². The Bertz CT molecular complexity index is 672. The van der Waals surface area contributed by atoms with Crippen LogP contribution < -0.4 is 5.32 Å². The van der Waals surface area contributed by atoms with Gasteiger partial charge in [0.25, 0.3) is 0 Å². The first-order chi connectivity index (χ1) is 11.8. The first-order valence-electron chi connectivity index (χ1n) is 8.87. The highest BCUT2D eigenvalue weighted by atomic mass is 32.1. The van der Waals surface area contributed by atoms with Crippen molar-refractivity contribution in [2.45, 2.75) is 72.2 Å². The lowest BCUT2D eigenvalue weighted by Gasteiger charge is -2.32. The van der Waals surface area contributed by atoms with Gasteiger partial charge in [0, 0.05) is 11.4 Å². The molecule has 1 aliphatic rings. The molecule has 0 unspecified atom stereocenters. The number of ether oxygens (including phenoxy) is 1. The van der Waals surface area contributed by atoms with Gasteiger partial charge in [0.05, 0.1) is 11.2 Å². The molecule has 2 heterocycles. The van der Waals surface area contributed by atoms with Gasteiger partial charge in [0.15, 0.2) is 0 Å². The molecule has 0 aliphatic carbocycles. The van der Waals surface area contributed by atoms with E-state index in [2.05, 4.69) is 23.7 Å². The van der Waals surface area contributed by atoms with E-state index < -0.39 is 30.0 Å². The molecule has 1 N–H and O–H groups in total. The monoisotopic (exact) mass is 379 g/mol. The van der Waals surface area contributed by atoms with Crippen LogP contribution in [0.1, 0.15) is 58.9 Å². The van der Waals surface area contributed by atoms with Gasteiger partial charge in [0.1, 0.15) is 5.60 Å². The van der Waals surface area contributed by atoms with Crippen molar-refractivity contribution in [3.05, 3.63) is 27.4 Å². The summed E-state index contributed by atoms with van der Waals surface area (Å²) in [5.74, 6) is 0. The van der Waals surface area contributed by atoms with Crippen molar-refractivity contribution in [1.29, 1.82) is 0 Å². The van der Waals surface area contributed by atoms with Gasteiger partial charge >= 0.3 is 13.2 Å². The van der Waals surface area contributed by atoms with Crippen LogP contribution in [0.5, 0.6) is 0 Å². The molecule has 0 bridgehead atoms. The number of thiophene rings is 1. The Kier molecular flexibility index (Phi) is 5.95. The maximum absolute atomic E-state index is 12.0. The van der Waals surface area contributed by atoms with Crippen LogP contribution in [0, 0.1) is 6.92 Å². The Balaban J connectivity index is 2.18. The summed E-state index contributed by atoms with van der Waals surface area (Å²) in [6.45, 7) is 15.9. The number of carbonyl (C=O) groups excluding carboxylic acids is 1. The predicted molar refractivity (Wildman–Crippen MR) is 107 cm³/mol. The second kappa shape index (κ2) is 7.37. The standard InChI is InChI=1S/C19H30BNO4S/c1-13-9-14(12-26-13)10-15(11-21-16(22)23-17(2,3)4)20-24-18(5,6)19(7,8)25-20/h9-10,12H,11H2,1-8H3,(H,21,22). The third-order valence-electron chi connectivity index (χ3n) is 4.49. The zero-order valence-electron chi connectivity index (χ0n) is 17.1. The first kappa shape index (κ1) is 21.0. The summed E-state index contributed by atoms with van der Waals surface area (Å²) in [6.07, 6.45) is 1.56. The Morgan fingerprint density at radius 2 is 1.85 bits per heavy atom. The highest BCUT2D eigenvalue weighted by Crippen LogP contribution is 2.38. The highest BCUT2D eigenvalue weighted by molar-refractivity contribution is 7.10. The minimum Gasteiger partial charge on any atom is -0.444 e. The van der Waals surface area contributed by atoms with Crippen LogP contribution in [-0.2, 0) is 14.0 Å². The summed E-state index contributed by atoms with van der Waals surface area (Å²) < 4.78 is 17.6. The molecular formula is C19H30BNO4S. The van der Waals surface area contributed by atoms with Gasteiger partial charge in [-0.25, -0.2) is 4.79 Å². The van der Waals surface area contributed by atoms with Gasteiger partial charge in [-0.15, -0.1) is 11.3 Å². The SMILES string of the molecule is Cc1cc(C=C(CNC(=O)OC(C)(C)C)B2OC(C)(C)C(C)(C)O2)cs1. The van der Waals surface area contributed by atoms with Crippen LogP contribution >= 0.6 is 11.3 Å². The maximum Gasteiger partial charge on any atom is 0.492 e. The van der Waals surface area contributed by atoms with Crippen molar-refractivity contribution in [2.24, 2.45) is 0 Å². The lowest BCUT2D eigenvalue weighted by molar-refractivity contribution is 0.00578. The summed E-state index contributed by atoms with van der Waals surface area (Å²) in [7, 11) is -0.518. The second-order valence-corrected chi connectivity index (χ2v) is 9.77. The number of hydrogen-bond acceptors (Lipinski definition) is 5. The highest BCUT2D eigenvalue weighted by Gasteiger charge is 2.52. The lowest BCUT2D eigenvalue weighted by atomic mass is 9.77. The minimum atomic E-state index is -0.539. The van der Waals surface area contributed by atoms with Crippen molar-refractivity contribution >= 4 is 30.6 Å². The van der Waals surface area contributed by atoms with Crippen molar-refractivity contribution in [2.75, 3.05) is 6.54 Å². The van der Waals surface area contributed by atoms with Crippen molar-refractivity contribution < 1.29 is 18.8 Å². The summed E-state index contributed by atoms with van der Waals surface area (Å²) in [5, 5.41) is 4.89. The summed E-state index contributed by atoms with van der Waals surface area (Å²) in [6, 6.07) is 2.10. The zero-order chi connectivity index (χ0) is 19.8. The number of alkyl carbamates (subject to hydrolysis) is 1. The molecule has 2 rings (SSSR count). The van der Waals surface area contributed by atoms with E-state index in [1.807, 2.05) is 54.5 Å². The summed E-state index contributed by atoms with van der Waals surface area (Å²) in [4.78, 5) is 13.3. The zero-order valence-corrected chi connectivity index (χ0v) is 17.9. The fourth-order valence-electron chi connectivity index (χ4n) is 2.44. The Hall–Kier alpha value is -1.31. The van der Waals surface area contributed by atoms with Crippen molar-refractivity contribution in [1.82, 2.24) is 5.32 Å². The van der Waals surface area contributed by atoms with Crippen LogP contribution in [0.2, 0.25) is 0 Å². The van der Waals surface area contributed by atoms with Gasteiger partial charge in [-0.05, 0) is 77.9 Å². The lowest BCUT2D eigenvalue weighted by Crippen LogP contribution is -2.41. The number of amides is 1. The molecule has 0 radical (unpaired) electrons. The second-order valence-electron chi connectivity index (χ2n) is 8.65. The molecule has 1 aromatic rings. The van der Waals surface area contributed by atoms with E-state index in [-0.39, 0.29) is 0 Å². The third-order valence-corrected chi connectivity index (χ3v) is 5.37. The molecule has 1 fully saturated rings. The molecule has 26 heavy (non-hydrogen) atoms. The molecule has 1 aromatic heterocycles. The van der Waals surface area contributed by atoms with Gasteiger partial charge in [-0.3, -0.25) is 0 Å². The van der Waals surface area contributed by atoms with E-state index in [1.54, 1.807) is 11.3 Å². The average molecular weight is 379 g/mol. The first-order valence-corrected chi connectivity index (χ1v) is 9.75. The molecule has 1 amide bonds. The molecule has 1 saturated heterocycles. The maximum atomic E-state index is 12.0. The number of nitrogens with one attached hydrogen (secondary N) is 1. The molecule has 144 valence electrons. The van der Waals surface area contributed by atoms with Crippen LogP contribution in [0.3, 0.4) is 0 Å². The van der Waals surface area contributed by atoms with E-state index in [4.69, 9.17) is 14.0 Å². The normalized spacial score (nSPS) is 19.5. The predicted octanol–water partition coefficient (Wildman–Crippen LogP) is 4.60. The molecule has 7 heteroatoms. The van der Waals surface area contributed by atoms with Crippen LogP contribution in [-0.4, -0.2) is 36.6 Å². The average Bonchev–Trinajstić information content (AvgIpc) is 2.93. The molecular weight excluding hydrogens is 349 g/mol. The fourth-order valence-corrected chi connectivity index (χ4v) is 3.10. The quantitative estimate of drug-likeness (QED) is 0.777. The number of aryl methyl sites for hydroxylation is 1. The summed E-state index contributed by atoms with van der Waals surface area (Å²) >= 11 is 1.68. The largest absolute Gasteiger partial charge is 0.492 e. The summed E-state index contributed by atoms with van der Waals surface area (Å²) in [5.41, 5.74) is 0.513. The van der Waals surface area contributed by atoms with Crippen molar-refractivity contribution in [3.8, 4) is 0 Å². The van der Waals surface area contributed by atoms with Gasteiger partial charge in [0.2, 0.25) is 0 Å². The van der Waals surface area contributed by atoms with E-state index >= 15 is 0 Å². The van der Waals surface area contributed by atoms with Crippen molar-refractivity contribution in [3.63, 3.8) is 0 Å². The molecule has 0 atom stereocenters. The molecule has 0 spiro atoms. The van der Waals surface area contributed by atoms with Crippen LogP contribution in [0.25, 0.3) is 6.08 Å². The topological polar surface area (TPSA) is 56.8 Å². The van der Waals surface area contributed by atoms with E-state index in [0.29, 0.717) is 6.54 Å². The number of rotatable bonds is 4. The third kappa shape index (κ3) is 5.35. The Morgan fingerprint density at radius 3 is 2.31 bits per heavy atom. The van der Waals surface area contributed by atoms with Crippen LogP contribution in [0.4, 0.5) is 4.79 Å². The van der Waals surface area contributed by atoms with E-state index in [1.165, 1.54) is 4.88 Å². The van der Waals surface area contributed by atoms with Crippen LogP contribution in [0.15, 0.2) is 16.9 Å². The Labute approximate surface area is 161 Å². The minimum absolute atomic E-state index is 0.292. The molecule has 5 nitrogen and oxygen atoms in total. The van der Waals surface area contributed by atoms with Gasteiger partial charge in [-0.2, -0.15) is 0 Å². The molecule has 0 aromatic carbocycles.